The average molecular weight is 272 g/mol. The van der Waals surface area contributed by atoms with E-state index in [0.717, 1.165) is 11.8 Å². The van der Waals surface area contributed by atoms with Gasteiger partial charge in [0.15, 0.2) is 0 Å². The molecule has 4 aliphatic carbocycles. The van der Waals surface area contributed by atoms with E-state index < -0.39 is 0 Å². The molecule has 4 rings (SSSR count). The second kappa shape index (κ2) is 3.39. The highest BCUT2D eigenvalue weighted by molar-refractivity contribution is 5.44. The first-order valence-electron chi connectivity index (χ1n) is 8.87. The third-order valence-corrected chi connectivity index (χ3v) is 8.27. The minimum atomic E-state index is 0.465. The first-order chi connectivity index (χ1) is 9.11. The van der Waals surface area contributed by atoms with Crippen molar-refractivity contribution in [1.29, 1.82) is 0 Å². The number of hydrogen-bond acceptors (Lipinski definition) is 0. The fourth-order valence-corrected chi connectivity index (χ4v) is 7.38. The Balaban J connectivity index is 1.98. The second-order valence-corrected chi connectivity index (χ2v) is 10.2. The molecule has 0 aromatic rings. The largest absolute Gasteiger partial charge is 0.0580 e. The summed E-state index contributed by atoms with van der Waals surface area (Å²) < 4.78 is 0. The Kier molecular flexibility index (Phi) is 2.27. The first kappa shape index (κ1) is 13.4. The second-order valence-electron chi connectivity index (χ2n) is 10.2. The Morgan fingerprint density at radius 1 is 0.650 bits per heavy atom. The Hall–Kier alpha value is -0.260. The van der Waals surface area contributed by atoms with Crippen LogP contribution in [0, 0.1) is 33.5 Å². The van der Waals surface area contributed by atoms with Crippen LogP contribution in [0.3, 0.4) is 0 Å². The van der Waals surface area contributed by atoms with E-state index in [9.17, 15) is 0 Å². The van der Waals surface area contributed by atoms with Crippen molar-refractivity contribution in [3.05, 3.63) is 11.1 Å². The molecule has 4 saturated carbocycles. The lowest BCUT2D eigenvalue weighted by Gasteiger charge is -2.47. The fraction of sp³-hybridized carbons (Fsp3) is 0.900. The predicted molar refractivity (Wildman–Crippen MR) is 85.5 cm³/mol. The van der Waals surface area contributed by atoms with E-state index in [1.807, 2.05) is 11.1 Å². The van der Waals surface area contributed by atoms with Gasteiger partial charge in [-0.3, -0.25) is 0 Å². The molecule has 4 bridgehead atoms. The zero-order valence-corrected chi connectivity index (χ0v) is 14.4. The molecular weight excluding hydrogens is 240 g/mol. The van der Waals surface area contributed by atoms with Crippen LogP contribution < -0.4 is 0 Å². The maximum absolute atomic E-state index is 2.59. The topological polar surface area (TPSA) is 0 Å². The van der Waals surface area contributed by atoms with E-state index in [4.69, 9.17) is 0 Å². The van der Waals surface area contributed by atoms with Crippen molar-refractivity contribution < 1.29 is 0 Å². The van der Waals surface area contributed by atoms with Crippen molar-refractivity contribution in [3.63, 3.8) is 0 Å². The van der Waals surface area contributed by atoms with Gasteiger partial charge in [-0.05, 0) is 72.0 Å². The van der Waals surface area contributed by atoms with Gasteiger partial charge in [0, 0.05) is 0 Å². The molecule has 0 amide bonds. The summed E-state index contributed by atoms with van der Waals surface area (Å²) in [4.78, 5) is 0. The Morgan fingerprint density at radius 3 is 1.25 bits per heavy atom. The lowest BCUT2D eigenvalue weighted by atomic mass is 9.58. The average Bonchev–Trinajstić information content (AvgIpc) is 2.97. The van der Waals surface area contributed by atoms with E-state index in [0.29, 0.717) is 21.7 Å². The van der Waals surface area contributed by atoms with Gasteiger partial charge in [0.25, 0.3) is 0 Å². The lowest BCUT2D eigenvalue weighted by Crippen LogP contribution is -2.36. The number of rotatable bonds is 0. The van der Waals surface area contributed by atoms with Crippen molar-refractivity contribution in [3.8, 4) is 0 Å². The molecule has 0 nitrogen and oxygen atoms in total. The molecule has 0 spiro atoms. The van der Waals surface area contributed by atoms with E-state index in [1.54, 1.807) is 0 Å². The van der Waals surface area contributed by atoms with E-state index in [-0.39, 0.29) is 0 Å². The van der Waals surface area contributed by atoms with Gasteiger partial charge in [-0.2, -0.15) is 0 Å². The molecule has 0 aromatic carbocycles. The summed E-state index contributed by atoms with van der Waals surface area (Å²) in [5.74, 6) is 1.90. The van der Waals surface area contributed by atoms with Crippen molar-refractivity contribution in [2.75, 3.05) is 0 Å². The van der Waals surface area contributed by atoms with E-state index in [2.05, 4.69) is 41.5 Å². The first-order valence-corrected chi connectivity index (χ1v) is 8.87. The molecule has 0 heterocycles. The SMILES string of the molecule is CC1(C)/C(=C2/C(C)(C)[C@H]3CC[C@]2(C)C3)[C@]2(C)CC[C@H]1C2. The summed E-state index contributed by atoms with van der Waals surface area (Å²) >= 11 is 0. The number of allylic oxidation sites excluding steroid dienone is 2. The minimum Gasteiger partial charge on any atom is -0.0580 e. The zero-order chi connectivity index (χ0) is 14.6. The Morgan fingerprint density at radius 2 is 1.00 bits per heavy atom. The van der Waals surface area contributed by atoms with Gasteiger partial charge < -0.3 is 0 Å². The summed E-state index contributed by atoms with van der Waals surface area (Å²) in [6.45, 7) is 15.4. The molecule has 20 heavy (non-hydrogen) atoms. The quantitative estimate of drug-likeness (QED) is 0.476. The highest BCUT2D eigenvalue weighted by Crippen LogP contribution is 2.74. The highest BCUT2D eigenvalue weighted by atomic mass is 14.7. The zero-order valence-electron chi connectivity index (χ0n) is 14.4. The van der Waals surface area contributed by atoms with Gasteiger partial charge >= 0.3 is 0 Å². The molecule has 0 unspecified atom stereocenters. The molecule has 112 valence electrons. The van der Waals surface area contributed by atoms with Gasteiger partial charge in [-0.1, -0.05) is 52.7 Å². The predicted octanol–water partition coefficient (Wildman–Crippen LogP) is 5.98. The molecule has 0 aromatic heterocycles. The van der Waals surface area contributed by atoms with Crippen LogP contribution in [0.25, 0.3) is 0 Å². The molecule has 4 atom stereocenters. The summed E-state index contributed by atoms with van der Waals surface area (Å²) in [6, 6.07) is 0. The van der Waals surface area contributed by atoms with Crippen LogP contribution in [0.2, 0.25) is 0 Å². The Bertz CT molecular complexity index is 447. The summed E-state index contributed by atoms with van der Waals surface area (Å²) in [5, 5.41) is 0. The molecule has 0 N–H and O–H groups in total. The van der Waals surface area contributed by atoms with Crippen molar-refractivity contribution in [2.24, 2.45) is 33.5 Å². The van der Waals surface area contributed by atoms with Gasteiger partial charge in [-0.25, -0.2) is 0 Å². The third kappa shape index (κ3) is 1.30. The van der Waals surface area contributed by atoms with Crippen LogP contribution in [0.4, 0.5) is 0 Å². The van der Waals surface area contributed by atoms with E-state index >= 15 is 0 Å². The third-order valence-electron chi connectivity index (χ3n) is 8.27. The van der Waals surface area contributed by atoms with Gasteiger partial charge in [0.2, 0.25) is 0 Å². The molecule has 4 fully saturated rings. The maximum Gasteiger partial charge on any atom is -0.0105 e. The van der Waals surface area contributed by atoms with E-state index in [1.165, 1.54) is 38.5 Å². The van der Waals surface area contributed by atoms with Crippen LogP contribution in [0.5, 0.6) is 0 Å². The lowest BCUT2D eigenvalue weighted by molar-refractivity contribution is 0.223. The van der Waals surface area contributed by atoms with Crippen molar-refractivity contribution in [2.45, 2.75) is 80.1 Å². The highest BCUT2D eigenvalue weighted by Gasteiger charge is 2.63. The molecule has 0 heteroatoms. The van der Waals surface area contributed by atoms with Crippen LogP contribution in [-0.4, -0.2) is 0 Å². The van der Waals surface area contributed by atoms with Crippen LogP contribution >= 0.6 is 0 Å². The fourth-order valence-electron chi connectivity index (χ4n) is 7.38. The monoisotopic (exact) mass is 272 g/mol. The van der Waals surface area contributed by atoms with Crippen LogP contribution in [0.15, 0.2) is 11.1 Å². The molecule has 0 saturated heterocycles. The van der Waals surface area contributed by atoms with Gasteiger partial charge in [0.05, 0.1) is 0 Å². The normalized spacial score (nSPS) is 54.9. The maximum atomic E-state index is 2.59. The van der Waals surface area contributed by atoms with Crippen LogP contribution in [0.1, 0.15) is 80.1 Å². The number of hydrogen-bond donors (Lipinski definition) is 0. The smallest absolute Gasteiger partial charge is 0.0105 e. The number of fused-ring (bicyclic) bond motifs is 4. The summed E-state index contributed by atoms with van der Waals surface area (Å²) in [5.41, 5.74) is 5.86. The molecular formula is C20H32. The van der Waals surface area contributed by atoms with Crippen LogP contribution in [-0.2, 0) is 0 Å². The molecule has 4 aliphatic rings. The minimum absolute atomic E-state index is 0.465. The standard InChI is InChI=1S/C20H32/c1-17(2)13-7-9-19(5,11-13)15(17)16-18(3,4)14-8-10-20(16,6)12-14/h13-14H,7-12H2,1-6H3/b16-15+/t13-,14-,19+,20+/m0/s1. The summed E-state index contributed by atoms with van der Waals surface area (Å²) in [7, 11) is 0. The summed E-state index contributed by atoms with van der Waals surface area (Å²) in [6.07, 6.45) is 8.79. The van der Waals surface area contributed by atoms with Gasteiger partial charge in [0.1, 0.15) is 0 Å². The molecule has 0 radical (unpaired) electrons. The van der Waals surface area contributed by atoms with Crippen molar-refractivity contribution in [1.82, 2.24) is 0 Å². The van der Waals surface area contributed by atoms with Crippen molar-refractivity contribution >= 4 is 0 Å². The Labute approximate surface area is 125 Å². The molecule has 0 aliphatic heterocycles. The van der Waals surface area contributed by atoms with Gasteiger partial charge in [-0.15, -0.1) is 0 Å².